The standard InChI is InChI=1S/C18H26N4O2S2/c1-4-19-18(21-12-10-16-13-25-14(2)22-16)20-11-9-15-5-7-17(8-6-15)26(3,23)24/h5-8,13H,4,9-12H2,1-3H3,(H2,19,20,21). The number of sulfone groups is 1. The van der Waals surface area contributed by atoms with E-state index in [-0.39, 0.29) is 0 Å². The smallest absolute Gasteiger partial charge is 0.191 e. The van der Waals surface area contributed by atoms with Crippen LogP contribution in [0.3, 0.4) is 0 Å². The van der Waals surface area contributed by atoms with Crippen LogP contribution in [0, 0.1) is 6.92 Å². The summed E-state index contributed by atoms with van der Waals surface area (Å²) in [6.07, 6.45) is 2.84. The Labute approximate surface area is 159 Å². The molecule has 8 heteroatoms. The summed E-state index contributed by atoms with van der Waals surface area (Å²) in [5.41, 5.74) is 2.16. The molecule has 0 amide bonds. The van der Waals surface area contributed by atoms with Gasteiger partial charge in [0, 0.05) is 37.7 Å². The molecule has 2 N–H and O–H groups in total. The molecule has 0 saturated heterocycles. The number of hydrogen-bond donors (Lipinski definition) is 2. The predicted molar refractivity (Wildman–Crippen MR) is 108 cm³/mol. The number of aromatic nitrogens is 1. The normalized spacial score (nSPS) is 12.2. The van der Waals surface area contributed by atoms with Crippen LogP contribution in [0.15, 0.2) is 39.5 Å². The monoisotopic (exact) mass is 394 g/mol. The fourth-order valence-corrected chi connectivity index (χ4v) is 3.65. The van der Waals surface area contributed by atoms with Crippen molar-refractivity contribution in [3.63, 3.8) is 0 Å². The molecule has 0 spiro atoms. The van der Waals surface area contributed by atoms with Gasteiger partial charge in [-0.3, -0.25) is 4.99 Å². The Balaban J connectivity index is 1.82. The zero-order valence-corrected chi connectivity index (χ0v) is 17.1. The number of guanidine groups is 1. The second-order valence-corrected chi connectivity index (χ2v) is 9.04. The number of rotatable bonds is 8. The van der Waals surface area contributed by atoms with Crippen molar-refractivity contribution in [1.82, 2.24) is 15.6 Å². The van der Waals surface area contributed by atoms with Gasteiger partial charge in [-0.05, 0) is 38.0 Å². The van der Waals surface area contributed by atoms with E-state index in [1.807, 2.05) is 26.0 Å². The van der Waals surface area contributed by atoms with E-state index in [4.69, 9.17) is 0 Å². The SMILES string of the molecule is CCNC(=NCCc1csc(C)n1)NCCc1ccc(S(C)(=O)=O)cc1. The van der Waals surface area contributed by atoms with Gasteiger partial charge in [-0.1, -0.05) is 12.1 Å². The number of nitrogens with zero attached hydrogens (tertiary/aromatic N) is 2. The average molecular weight is 395 g/mol. The summed E-state index contributed by atoms with van der Waals surface area (Å²) in [6, 6.07) is 7.01. The van der Waals surface area contributed by atoms with Gasteiger partial charge in [-0.25, -0.2) is 13.4 Å². The van der Waals surface area contributed by atoms with E-state index in [9.17, 15) is 8.42 Å². The van der Waals surface area contributed by atoms with E-state index in [1.54, 1.807) is 23.5 Å². The molecule has 0 aliphatic heterocycles. The van der Waals surface area contributed by atoms with Crippen LogP contribution < -0.4 is 10.6 Å². The fraction of sp³-hybridized carbons (Fsp3) is 0.444. The lowest BCUT2D eigenvalue weighted by molar-refractivity contribution is 0.602. The van der Waals surface area contributed by atoms with E-state index in [1.165, 1.54) is 6.26 Å². The Morgan fingerprint density at radius 1 is 1.19 bits per heavy atom. The third-order valence-corrected chi connectivity index (χ3v) is 5.66. The van der Waals surface area contributed by atoms with Crippen LogP contribution in [0.25, 0.3) is 0 Å². The minimum Gasteiger partial charge on any atom is -0.357 e. The lowest BCUT2D eigenvalue weighted by atomic mass is 10.1. The van der Waals surface area contributed by atoms with Crippen LogP contribution in [0.5, 0.6) is 0 Å². The number of thiazole rings is 1. The van der Waals surface area contributed by atoms with Crippen LogP contribution in [0.4, 0.5) is 0 Å². The molecule has 0 bridgehead atoms. The van der Waals surface area contributed by atoms with Crippen LogP contribution in [-0.2, 0) is 22.7 Å². The van der Waals surface area contributed by atoms with Crippen LogP contribution in [-0.4, -0.2) is 45.3 Å². The largest absolute Gasteiger partial charge is 0.357 e. The third-order valence-electron chi connectivity index (χ3n) is 3.71. The summed E-state index contributed by atoms with van der Waals surface area (Å²) >= 11 is 1.66. The number of aliphatic imine (C=N–C) groups is 1. The van der Waals surface area contributed by atoms with Crippen molar-refractivity contribution in [1.29, 1.82) is 0 Å². The lowest BCUT2D eigenvalue weighted by Gasteiger charge is -2.11. The maximum absolute atomic E-state index is 11.5. The molecule has 0 aliphatic rings. The maximum atomic E-state index is 11.5. The first-order valence-electron chi connectivity index (χ1n) is 8.60. The van der Waals surface area contributed by atoms with Crippen LogP contribution >= 0.6 is 11.3 Å². The average Bonchev–Trinajstić information content (AvgIpc) is 3.00. The Bertz CT molecular complexity index is 827. The predicted octanol–water partition coefficient (Wildman–Crippen LogP) is 2.20. The molecule has 1 aromatic carbocycles. The van der Waals surface area contributed by atoms with Crippen molar-refractivity contribution in [3.05, 3.63) is 45.9 Å². The molecule has 2 rings (SSSR count). The highest BCUT2D eigenvalue weighted by atomic mass is 32.2. The maximum Gasteiger partial charge on any atom is 0.191 e. The Morgan fingerprint density at radius 3 is 2.50 bits per heavy atom. The lowest BCUT2D eigenvalue weighted by Crippen LogP contribution is -2.38. The minimum absolute atomic E-state index is 0.349. The molecule has 0 atom stereocenters. The van der Waals surface area contributed by atoms with Gasteiger partial charge >= 0.3 is 0 Å². The van der Waals surface area contributed by atoms with E-state index in [0.29, 0.717) is 11.4 Å². The molecule has 0 saturated carbocycles. The van der Waals surface area contributed by atoms with Gasteiger partial charge in [0.15, 0.2) is 15.8 Å². The van der Waals surface area contributed by atoms with Crippen LogP contribution in [0.1, 0.15) is 23.2 Å². The van der Waals surface area contributed by atoms with Crippen LogP contribution in [0.2, 0.25) is 0 Å². The van der Waals surface area contributed by atoms with E-state index in [0.717, 1.165) is 48.2 Å². The van der Waals surface area contributed by atoms with E-state index < -0.39 is 9.84 Å². The summed E-state index contributed by atoms with van der Waals surface area (Å²) in [7, 11) is -3.14. The number of benzene rings is 1. The molecule has 1 aromatic heterocycles. The summed E-state index contributed by atoms with van der Waals surface area (Å²) in [5.74, 6) is 0.784. The molecular formula is C18H26N4O2S2. The van der Waals surface area contributed by atoms with Gasteiger partial charge in [0.25, 0.3) is 0 Å². The number of hydrogen-bond acceptors (Lipinski definition) is 5. The van der Waals surface area contributed by atoms with Gasteiger partial charge in [0.05, 0.1) is 15.6 Å². The van der Waals surface area contributed by atoms with Crippen molar-refractivity contribution in [2.24, 2.45) is 4.99 Å². The first kappa shape index (κ1) is 20.4. The highest BCUT2D eigenvalue weighted by Gasteiger charge is 2.06. The van der Waals surface area contributed by atoms with Crippen molar-refractivity contribution in [2.45, 2.75) is 31.6 Å². The topological polar surface area (TPSA) is 83.4 Å². The van der Waals surface area contributed by atoms with Gasteiger partial charge < -0.3 is 10.6 Å². The molecule has 1 heterocycles. The molecule has 2 aromatic rings. The molecule has 0 unspecified atom stereocenters. The summed E-state index contributed by atoms with van der Waals surface area (Å²) in [4.78, 5) is 9.37. The van der Waals surface area contributed by atoms with Crippen molar-refractivity contribution in [2.75, 3.05) is 25.9 Å². The minimum atomic E-state index is -3.14. The first-order valence-corrected chi connectivity index (χ1v) is 11.4. The summed E-state index contributed by atoms with van der Waals surface area (Å²) in [6.45, 7) is 6.24. The molecular weight excluding hydrogens is 368 g/mol. The van der Waals surface area contributed by atoms with E-state index >= 15 is 0 Å². The van der Waals surface area contributed by atoms with Gasteiger partial charge in [0.1, 0.15) is 0 Å². The quantitative estimate of drug-likeness (QED) is 0.530. The highest BCUT2D eigenvalue weighted by molar-refractivity contribution is 7.90. The molecule has 142 valence electrons. The zero-order valence-electron chi connectivity index (χ0n) is 15.4. The Morgan fingerprint density at radius 2 is 1.92 bits per heavy atom. The second kappa shape index (κ2) is 9.68. The summed E-state index contributed by atoms with van der Waals surface area (Å²) in [5, 5.41) is 9.69. The molecule has 0 radical (unpaired) electrons. The van der Waals surface area contributed by atoms with E-state index in [2.05, 4.69) is 26.0 Å². The Hall–Kier alpha value is -1.93. The molecule has 26 heavy (non-hydrogen) atoms. The first-order chi connectivity index (χ1) is 12.4. The number of aryl methyl sites for hydroxylation is 1. The summed E-state index contributed by atoms with van der Waals surface area (Å²) < 4.78 is 23.0. The van der Waals surface area contributed by atoms with Crippen molar-refractivity contribution in [3.8, 4) is 0 Å². The zero-order chi connectivity index (χ0) is 19.0. The van der Waals surface area contributed by atoms with Crippen molar-refractivity contribution < 1.29 is 8.42 Å². The molecule has 0 fully saturated rings. The fourth-order valence-electron chi connectivity index (χ4n) is 2.38. The Kier molecular flexibility index (Phi) is 7.59. The number of nitrogens with one attached hydrogen (secondary N) is 2. The van der Waals surface area contributed by atoms with Gasteiger partial charge in [0.2, 0.25) is 0 Å². The third kappa shape index (κ3) is 6.76. The second-order valence-electron chi connectivity index (χ2n) is 5.96. The van der Waals surface area contributed by atoms with Crippen molar-refractivity contribution >= 4 is 27.1 Å². The molecule has 0 aliphatic carbocycles. The highest BCUT2D eigenvalue weighted by Crippen LogP contribution is 2.10. The molecule has 6 nitrogen and oxygen atoms in total. The van der Waals surface area contributed by atoms with Gasteiger partial charge in [-0.15, -0.1) is 11.3 Å². The van der Waals surface area contributed by atoms with Gasteiger partial charge in [-0.2, -0.15) is 0 Å².